The molecule has 0 spiro atoms. The SMILES string of the molecule is CN(C)C(=O)CN(CC(F)(F)F)C(=O)Cn1nc(-c2ccccc2)ccc1=O. The van der Waals surface area contributed by atoms with Crippen LogP contribution in [0.4, 0.5) is 13.2 Å². The predicted molar refractivity (Wildman–Crippen MR) is 95.3 cm³/mol. The molecule has 0 bridgehead atoms. The summed E-state index contributed by atoms with van der Waals surface area (Å²) in [7, 11) is 2.74. The minimum Gasteiger partial charge on any atom is -0.347 e. The molecule has 0 N–H and O–H groups in total. The van der Waals surface area contributed by atoms with E-state index in [0.717, 1.165) is 9.58 Å². The van der Waals surface area contributed by atoms with Crippen LogP contribution in [0, 0.1) is 0 Å². The summed E-state index contributed by atoms with van der Waals surface area (Å²) in [5, 5.41) is 4.06. The highest BCUT2D eigenvalue weighted by Gasteiger charge is 2.34. The first-order valence-electron chi connectivity index (χ1n) is 8.25. The summed E-state index contributed by atoms with van der Waals surface area (Å²) in [5.41, 5.74) is 0.428. The van der Waals surface area contributed by atoms with E-state index in [9.17, 15) is 27.6 Å². The van der Waals surface area contributed by atoms with Crippen molar-refractivity contribution in [1.82, 2.24) is 19.6 Å². The number of alkyl halides is 3. The molecule has 150 valence electrons. The molecule has 2 rings (SSSR count). The average Bonchev–Trinajstić information content (AvgIpc) is 2.62. The Morgan fingerprint density at radius 1 is 1.04 bits per heavy atom. The van der Waals surface area contributed by atoms with Crippen molar-refractivity contribution in [3.05, 3.63) is 52.8 Å². The Morgan fingerprint density at radius 3 is 2.25 bits per heavy atom. The van der Waals surface area contributed by atoms with Crippen LogP contribution in [0.3, 0.4) is 0 Å². The highest BCUT2D eigenvalue weighted by molar-refractivity contribution is 5.84. The fraction of sp³-hybridized carbons (Fsp3) is 0.333. The molecule has 2 aromatic rings. The normalized spacial score (nSPS) is 11.2. The second-order valence-corrected chi connectivity index (χ2v) is 6.23. The third kappa shape index (κ3) is 5.93. The molecular weight excluding hydrogens is 377 g/mol. The Hall–Kier alpha value is -3.17. The first kappa shape index (κ1) is 21.1. The third-order valence-electron chi connectivity index (χ3n) is 3.77. The second kappa shape index (κ2) is 8.68. The molecule has 10 heteroatoms. The average molecular weight is 396 g/mol. The Balaban J connectivity index is 2.26. The first-order valence-corrected chi connectivity index (χ1v) is 8.25. The lowest BCUT2D eigenvalue weighted by Crippen LogP contribution is -2.47. The quantitative estimate of drug-likeness (QED) is 0.740. The highest BCUT2D eigenvalue weighted by atomic mass is 19.4. The number of nitrogens with zero attached hydrogens (tertiary/aromatic N) is 4. The van der Waals surface area contributed by atoms with Crippen molar-refractivity contribution in [2.75, 3.05) is 27.2 Å². The third-order valence-corrected chi connectivity index (χ3v) is 3.77. The largest absolute Gasteiger partial charge is 0.406 e. The topological polar surface area (TPSA) is 75.5 Å². The van der Waals surface area contributed by atoms with Crippen molar-refractivity contribution in [2.45, 2.75) is 12.7 Å². The number of halogens is 3. The fourth-order valence-corrected chi connectivity index (χ4v) is 2.31. The standard InChI is InChI=1S/C18H19F3N4O3/c1-23(2)16(27)10-24(12-18(19,20)21)17(28)11-25-15(26)9-8-14(22-25)13-6-4-3-5-7-13/h3-9H,10-12H2,1-2H3. The van der Waals surface area contributed by atoms with E-state index >= 15 is 0 Å². The van der Waals surface area contributed by atoms with Gasteiger partial charge in [0, 0.05) is 25.7 Å². The summed E-state index contributed by atoms with van der Waals surface area (Å²) in [6, 6.07) is 11.4. The molecule has 1 aromatic carbocycles. The van der Waals surface area contributed by atoms with E-state index in [2.05, 4.69) is 5.10 Å². The van der Waals surface area contributed by atoms with Gasteiger partial charge in [-0.1, -0.05) is 30.3 Å². The predicted octanol–water partition coefficient (Wildman–Crippen LogP) is 1.39. The van der Waals surface area contributed by atoms with E-state index in [0.29, 0.717) is 16.2 Å². The van der Waals surface area contributed by atoms with Crippen LogP contribution in [0.2, 0.25) is 0 Å². The van der Waals surface area contributed by atoms with E-state index in [1.807, 2.05) is 0 Å². The van der Waals surface area contributed by atoms with Gasteiger partial charge in [-0.15, -0.1) is 0 Å². The Labute approximate surface area is 159 Å². The molecule has 28 heavy (non-hydrogen) atoms. The second-order valence-electron chi connectivity index (χ2n) is 6.23. The van der Waals surface area contributed by atoms with Gasteiger partial charge < -0.3 is 9.80 Å². The van der Waals surface area contributed by atoms with E-state index in [4.69, 9.17) is 0 Å². The van der Waals surface area contributed by atoms with Gasteiger partial charge >= 0.3 is 6.18 Å². The van der Waals surface area contributed by atoms with E-state index in [1.165, 1.54) is 26.2 Å². The number of amides is 2. The molecule has 0 aliphatic rings. The lowest BCUT2D eigenvalue weighted by Gasteiger charge is -2.25. The monoisotopic (exact) mass is 396 g/mol. The Kier molecular flexibility index (Phi) is 6.55. The molecule has 0 saturated carbocycles. The maximum Gasteiger partial charge on any atom is 0.406 e. The van der Waals surface area contributed by atoms with Crippen LogP contribution in [-0.4, -0.2) is 64.8 Å². The van der Waals surface area contributed by atoms with Crippen LogP contribution in [0.1, 0.15) is 0 Å². The maximum absolute atomic E-state index is 12.8. The highest BCUT2D eigenvalue weighted by Crippen LogP contribution is 2.17. The molecule has 0 radical (unpaired) electrons. The first-order chi connectivity index (χ1) is 13.1. The number of hydrogen-bond donors (Lipinski definition) is 0. The van der Waals surface area contributed by atoms with Crippen LogP contribution in [-0.2, 0) is 16.1 Å². The zero-order valence-electron chi connectivity index (χ0n) is 15.3. The van der Waals surface area contributed by atoms with Crippen molar-refractivity contribution in [1.29, 1.82) is 0 Å². The zero-order chi connectivity index (χ0) is 20.9. The van der Waals surface area contributed by atoms with Crippen LogP contribution < -0.4 is 5.56 Å². The number of likely N-dealkylation sites (N-methyl/N-ethyl adjacent to an activating group) is 1. The molecule has 0 unspecified atom stereocenters. The van der Waals surface area contributed by atoms with Gasteiger partial charge in [0.1, 0.15) is 19.6 Å². The van der Waals surface area contributed by atoms with Crippen molar-refractivity contribution in [3.8, 4) is 11.3 Å². The number of carbonyl (C=O) groups excluding carboxylic acids is 2. The smallest absolute Gasteiger partial charge is 0.347 e. The number of hydrogen-bond acceptors (Lipinski definition) is 4. The molecule has 0 aliphatic heterocycles. The minimum atomic E-state index is -4.69. The Morgan fingerprint density at radius 2 is 1.68 bits per heavy atom. The maximum atomic E-state index is 12.8. The van der Waals surface area contributed by atoms with Gasteiger partial charge in [0.15, 0.2) is 0 Å². The minimum absolute atomic E-state index is 0.367. The number of aromatic nitrogens is 2. The van der Waals surface area contributed by atoms with Crippen molar-refractivity contribution >= 4 is 11.8 Å². The van der Waals surface area contributed by atoms with Gasteiger partial charge in [-0.3, -0.25) is 14.4 Å². The lowest BCUT2D eigenvalue weighted by atomic mass is 10.1. The van der Waals surface area contributed by atoms with Crippen LogP contribution >= 0.6 is 0 Å². The molecular formula is C18H19F3N4O3. The molecule has 0 aliphatic carbocycles. The van der Waals surface area contributed by atoms with Crippen LogP contribution in [0.15, 0.2) is 47.3 Å². The molecule has 0 atom stereocenters. The summed E-state index contributed by atoms with van der Waals surface area (Å²) < 4.78 is 39.2. The van der Waals surface area contributed by atoms with Crippen LogP contribution in [0.5, 0.6) is 0 Å². The summed E-state index contributed by atoms with van der Waals surface area (Å²) in [5.74, 6) is -1.71. The van der Waals surface area contributed by atoms with Crippen molar-refractivity contribution in [3.63, 3.8) is 0 Å². The molecule has 0 saturated heterocycles. The van der Waals surface area contributed by atoms with Crippen molar-refractivity contribution < 1.29 is 22.8 Å². The fourth-order valence-electron chi connectivity index (χ4n) is 2.31. The number of carbonyl (C=O) groups is 2. The van der Waals surface area contributed by atoms with E-state index in [1.54, 1.807) is 30.3 Å². The summed E-state index contributed by atoms with van der Waals surface area (Å²) in [6.45, 7) is -3.06. The van der Waals surface area contributed by atoms with E-state index < -0.39 is 43.2 Å². The van der Waals surface area contributed by atoms with Crippen molar-refractivity contribution in [2.24, 2.45) is 0 Å². The summed E-state index contributed by atoms with van der Waals surface area (Å²) in [6.07, 6.45) is -4.69. The zero-order valence-corrected chi connectivity index (χ0v) is 15.3. The molecule has 1 heterocycles. The van der Waals surface area contributed by atoms with Gasteiger partial charge in [-0.25, -0.2) is 4.68 Å². The van der Waals surface area contributed by atoms with Crippen LogP contribution in [0.25, 0.3) is 11.3 Å². The summed E-state index contributed by atoms with van der Waals surface area (Å²) in [4.78, 5) is 37.6. The molecule has 0 fully saturated rings. The lowest BCUT2D eigenvalue weighted by molar-refractivity contribution is -0.164. The summed E-state index contributed by atoms with van der Waals surface area (Å²) >= 11 is 0. The van der Waals surface area contributed by atoms with E-state index in [-0.39, 0.29) is 0 Å². The van der Waals surface area contributed by atoms with Gasteiger partial charge in [0.05, 0.1) is 5.69 Å². The van der Waals surface area contributed by atoms with Gasteiger partial charge in [-0.05, 0) is 6.07 Å². The van der Waals surface area contributed by atoms with Gasteiger partial charge in [0.2, 0.25) is 11.8 Å². The van der Waals surface area contributed by atoms with Gasteiger partial charge in [0.25, 0.3) is 5.56 Å². The Bertz CT molecular complexity index is 895. The number of benzene rings is 1. The molecule has 7 nitrogen and oxygen atoms in total. The molecule has 2 amide bonds. The van der Waals surface area contributed by atoms with Gasteiger partial charge in [-0.2, -0.15) is 18.3 Å². The number of rotatable bonds is 6. The molecule has 1 aromatic heterocycles.